The van der Waals surface area contributed by atoms with Crippen LogP contribution in [-0.2, 0) is 17.8 Å². The molecule has 2 fully saturated rings. The van der Waals surface area contributed by atoms with Crippen molar-refractivity contribution in [3.8, 4) is 5.82 Å². The Hall–Kier alpha value is -2.50. The maximum atomic E-state index is 6.16. The molecule has 3 aromatic rings. The van der Waals surface area contributed by atoms with Crippen molar-refractivity contribution in [3.63, 3.8) is 0 Å². The molecule has 0 saturated carbocycles. The normalized spacial score (nSPS) is 20.6. The Morgan fingerprint density at radius 1 is 1.15 bits per heavy atom. The first-order valence-electron chi connectivity index (χ1n) is 11.7. The van der Waals surface area contributed by atoms with Gasteiger partial charge in [0.2, 0.25) is 0 Å². The second kappa shape index (κ2) is 11.8. The molecule has 0 radical (unpaired) electrons. The van der Waals surface area contributed by atoms with Crippen LogP contribution in [-0.4, -0.2) is 75.2 Å². The lowest BCUT2D eigenvalue weighted by molar-refractivity contribution is -0.0502. The first-order chi connectivity index (χ1) is 16.3. The Balaban J connectivity index is 0.00000274. The number of fused-ring (bicyclic) bond motifs is 1. The number of likely N-dealkylation sites (tertiary alicyclic amines) is 1. The summed E-state index contributed by atoms with van der Waals surface area (Å²) in [4.78, 5) is 18.4. The zero-order chi connectivity index (χ0) is 22.5. The Morgan fingerprint density at radius 3 is 2.76 bits per heavy atom. The van der Waals surface area contributed by atoms with E-state index in [0.29, 0.717) is 12.6 Å². The Morgan fingerprint density at radius 2 is 2.03 bits per heavy atom. The summed E-state index contributed by atoms with van der Waals surface area (Å²) < 4.78 is 8.05. The van der Waals surface area contributed by atoms with Crippen LogP contribution in [0.4, 0.5) is 0 Å². The third-order valence-corrected chi connectivity index (χ3v) is 6.27. The SMILES string of the molecule is CCNC(=NCc1ccc(-n2ccnc2)nc1)N1CC2OCCN(Cc3ccccc3)C2C1.I. The van der Waals surface area contributed by atoms with Crippen molar-refractivity contribution in [2.24, 2.45) is 4.99 Å². The van der Waals surface area contributed by atoms with E-state index in [9.17, 15) is 0 Å². The fraction of sp³-hybridized carbons (Fsp3) is 0.400. The van der Waals surface area contributed by atoms with Gasteiger partial charge in [0.15, 0.2) is 5.96 Å². The van der Waals surface area contributed by atoms with E-state index in [1.54, 1.807) is 12.5 Å². The first-order valence-corrected chi connectivity index (χ1v) is 11.7. The fourth-order valence-electron chi connectivity index (χ4n) is 4.60. The molecule has 8 nitrogen and oxygen atoms in total. The molecule has 1 aromatic carbocycles. The van der Waals surface area contributed by atoms with Crippen LogP contribution >= 0.6 is 24.0 Å². The van der Waals surface area contributed by atoms with Crippen LogP contribution in [0.3, 0.4) is 0 Å². The summed E-state index contributed by atoms with van der Waals surface area (Å²) in [5.74, 6) is 1.79. The number of guanidine groups is 1. The predicted octanol–water partition coefficient (Wildman–Crippen LogP) is 2.94. The minimum Gasteiger partial charge on any atom is -0.373 e. The van der Waals surface area contributed by atoms with Gasteiger partial charge in [-0.1, -0.05) is 36.4 Å². The van der Waals surface area contributed by atoms with Crippen molar-refractivity contribution in [2.75, 3.05) is 32.8 Å². The molecule has 0 bridgehead atoms. The molecule has 2 aliphatic heterocycles. The number of pyridine rings is 1. The van der Waals surface area contributed by atoms with Crippen molar-refractivity contribution in [3.05, 3.63) is 78.5 Å². The Labute approximate surface area is 218 Å². The van der Waals surface area contributed by atoms with Crippen molar-refractivity contribution >= 4 is 29.9 Å². The minimum absolute atomic E-state index is 0. The summed E-state index contributed by atoms with van der Waals surface area (Å²) in [6, 6.07) is 15.1. The van der Waals surface area contributed by atoms with Gasteiger partial charge >= 0.3 is 0 Å². The monoisotopic (exact) mass is 573 g/mol. The molecule has 180 valence electrons. The van der Waals surface area contributed by atoms with Gasteiger partial charge in [-0.2, -0.15) is 0 Å². The van der Waals surface area contributed by atoms with Crippen molar-refractivity contribution < 1.29 is 4.74 Å². The van der Waals surface area contributed by atoms with E-state index in [-0.39, 0.29) is 30.1 Å². The molecule has 0 spiro atoms. The number of nitrogens with zero attached hydrogens (tertiary/aromatic N) is 6. The second-order valence-corrected chi connectivity index (χ2v) is 8.50. The van der Waals surface area contributed by atoms with Crippen LogP contribution in [0.5, 0.6) is 0 Å². The number of rotatable bonds is 6. The lowest BCUT2D eigenvalue weighted by atomic mass is 10.1. The molecular formula is C25H32IN7O. The summed E-state index contributed by atoms with van der Waals surface area (Å²) in [7, 11) is 0. The van der Waals surface area contributed by atoms with E-state index in [2.05, 4.69) is 68.4 Å². The topological polar surface area (TPSA) is 70.8 Å². The highest BCUT2D eigenvalue weighted by molar-refractivity contribution is 14.0. The first kappa shape index (κ1) is 24.6. The molecule has 9 heteroatoms. The maximum absolute atomic E-state index is 6.16. The quantitative estimate of drug-likeness (QED) is 0.278. The third-order valence-electron chi connectivity index (χ3n) is 6.27. The number of morpholine rings is 1. The molecular weight excluding hydrogens is 541 g/mol. The lowest BCUT2D eigenvalue weighted by Gasteiger charge is -2.36. The second-order valence-electron chi connectivity index (χ2n) is 8.50. The number of aromatic nitrogens is 3. The molecule has 4 heterocycles. The maximum Gasteiger partial charge on any atom is 0.194 e. The van der Waals surface area contributed by atoms with Gasteiger partial charge in [-0.25, -0.2) is 15.0 Å². The number of ether oxygens (including phenoxy) is 1. The molecule has 0 aliphatic carbocycles. The number of hydrogen-bond acceptors (Lipinski definition) is 5. The summed E-state index contributed by atoms with van der Waals surface area (Å²) in [5.41, 5.74) is 2.43. The zero-order valence-electron chi connectivity index (χ0n) is 19.5. The summed E-state index contributed by atoms with van der Waals surface area (Å²) in [6.45, 7) is 8.01. The molecule has 34 heavy (non-hydrogen) atoms. The zero-order valence-corrected chi connectivity index (χ0v) is 21.8. The molecule has 0 amide bonds. The van der Waals surface area contributed by atoms with E-state index in [0.717, 1.165) is 56.7 Å². The highest BCUT2D eigenvalue weighted by atomic mass is 127. The van der Waals surface area contributed by atoms with Gasteiger partial charge in [-0.15, -0.1) is 24.0 Å². The van der Waals surface area contributed by atoms with E-state index in [1.807, 2.05) is 23.0 Å². The molecule has 2 saturated heterocycles. The fourth-order valence-corrected chi connectivity index (χ4v) is 4.60. The Kier molecular flexibility index (Phi) is 8.52. The number of imidazole rings is 1. The third kappa shape index (κ3) is 5.76. The summed E-state index contributed by atoms with van der Waals surface area (Å²) >= 11 is 0. The highest BCUT2D eigenvalue weighted by Gasteiger charge is 2.41. The van der Waals surface area contributed by atoms with Gasteiger partial charge in [0.1, 0.15) is 12.1 Å². The molecule has 1 N–H and O–H groups in total. The van der Waals surface area contributed by atoms with Gasteiger partial charge in [0, 0.05) is 51.3 Å². The Bertz CT molecular complexity index is 1040. The van der Waals surface area contributed by atoms with E-state index < -0.39 is 0 Å². The number of benzene rings is 1. The minimum atomic E-state index is 0. The van der Waals surface area contributed by atoms with E-state index in [4.69, 9.17) is 9.73 Å². The molecule has 2 atom stereocenters. The van der Waals surface area contributed by atoms with Gasteiger partial charge in [-0.3, -0.25) is 9.47 Å². The number of hydrogen-bond donors (Lipinski definition) is 1. The number of aliphatic imine (C=N–C) groups is 1. The van der Waals surface area contributed by atoms with Gasteiger partial charge in [-0.05, 0) is 24.1 Å². The van der Waals surface area contributed by atoms with Crippen LogP contribution in [0.15, 0.2) is 72.4 Å². The van der Waals surface area contributed by atoms with E-state index in [1.165, 1.54) is 5.56 Å². The van der Waals surface area contributed by atoms with Crippen LogP contribution in [0, 0.1) is 0 Å². The van der Waals surface area contributed by atoms with E-state index >= 15 is 0 Å². The standard InChI is InChI=1S/C25H31N7O.HI/c1-2-27-25(29-15-21-8-9-24(28-14-21)31-11-10-26-19-31)32-17-22-23(18-32)33-13-12-30(22)16-20-6-4-3-5-7-20;/h3-11,14,19,22-23H,2,12-13,15-18H2,1H3,(H,27,29);1H. The van der Waals surface area contributed by atoms with Crippen LogP contribution in [0.1, 0.15) is 18.1 Å². The summed E-state index contributed by atoms with van der Waals surface area (Å²) in [5, 5.41) is 3.47. The number of nitrogens with one attached hydrogen (secondary N) is 1. The largest absolute Gasteiger partial charge is 0.373 e. The summed E-state index contributed by atoms with van der Waals surface area (Å²) in [6.07, 6.45) is 7.49. The molecule has 2 unspecified atom stereocenters. The van der Waals surface area contributed by atoms with Crippen molar-refractivity contribution in [2.45, 2.75) is 32.2 Å². The van der Waals surface area contributed by atoms with Crippen LogP contribution in [0.2, 0.25) is 0 Å². The molecule has 2 aliphatic rings. The van der Waals surface area contributed by atoms with Gasteiger partial charge in [0.05, 0.1) is 25.3 Å². The highest BCUT2D eigenvalue weighted by Crippen LogP contribution is 2.25. The average molecular weight is 573 g/mol. The van der Waals surface area contributed by atoms with Crippen molar-refractivity contribution in [1.29, 1.82) is 0 Å². The molecule has 5 rings (SSSR count). The smallest absolute Gasteiger partial charge is 0.194 e. The van der Waals surface area contributed by atoms with Gasteiger partial charge < -0.3 is 15.0 Å². The van der Waals surface area contributed by atoms with Crippen LogP contribution in [0.25, 0.3) is 5.82 Å². The van der Waals surface area contributed by atoms with Gasteiger partial charge in [0.25, 0.3) is 0 Å². The lowest BCUT2D eigenvalue weighted by Crippen LogP contribution is -2.50. The average Bonchev–Trinajstić information content (AvgIpc) is 3.54. The predicted molar refractivity (Wildman–Crippen MR) is 144 cm³/mol. The number of halogens is 1. The molecule has 2 aromatic heterocycles. The van der Waals surface area contributed by atoms with Crippen molar-refractivity contribution in [1.82, 2.24) is 29.7 Å². The van der Waals surface area contributed by atoms with Crippen LogP contribution < -0.4 is 5.32 Å².